The van der Waals surface area contributed by atoms with Gasteiger partial charge in [-0.3, -0.25) is 0 Å². The monoisotopic (exact) mass is 196 g/mol. The van der Waals surface area contributed by atoms with E-state index in [-0.39, 0.29) is 12.2 Å². The number of aliphatic hydroxyl groups is 1. The third-order valence-corrected chi connectivity index (χ3v) is 4.88. The Morgan fingerprint density at radius 1 is 1.29 bits per heavy atom. The van der Waals surface area contributed by atoms with Crippen molar-refractivity contribution in [2.75, 3.05) is 13.2 Å². The lowest BCUT2D eigenvalue weighted by Gasteiger charge is -2.35. The Hall–Kier alpha value is -0.0800. The van der Waals surface area contributed by atoms with Crippen LogP contribution in [0.3, 0.4) is 0 Å². The molecule has 0 saturated heterocycles. The maximum absolute atomic E-state index is 8.87. The van der Waals surface area contributed by atoms with Crippen molar-refractivity contribution < 1.29 is 9.84 Å². The summed E-state index contributed by atoms with van der Waals surface area (Å²) in [6.07, 6.45) is 8.18. The molecule has 0 radical (unpaired) electrons. The fraction of sp³-hybridized carbons (Fsp3) is 1.00. The molecule has 0 aromatic rings. The second-order valence-corrected chi connectivity index (χ2v) is 5.34. The second kappa shape index (κ2) is 3.21. The van der Waals surface area contributed by atoms with Gasteiger partial charge in [0.25, 0.3) is 0 Å². The predicted molar refractivity (Wildman–Crippen MR) is 53.9 cm³/mol. The molecule has 2 heteroatoms. The van der Waals surface area contributed by atoms with Crippen molar-refractivity contribution >= 4 is 0 Å². The highest BCUT2D eigenvalue weighted by Crippen LogP contribution is 2.62. The highest BCUT2D eigenvalue weighted by atomic mass is 16.5. The molecule has 0 heterocycles. The van der Waals surface area contributed by atoms with Gasteiger partial charge in [0.2, 0.25) is 0 Å². The topological polar surface area (TPSA) is 29.5 Å². The molecule has 2 bridgehead atoms. The van der Waals surface area contributed by atoms with Crippen molar-refractivity contribution in [2.24, 2.45) is 17.8 Å². The Bertz CT molecular complexity index is 228. The van der Waals surface area contributed by atoms with Gasteiger partial charge in [-0.25, -0.2) is 0 Å². The first-order valence-corrected chi connectivity index (χ1v) is 6.10. The smallest absolute Gasteiger partial charge is 0.0717 e. The molecule has 3 saturated carbocycles. The number of hydrogen-bond donors (Lipinski definition) is 1. The van der Waals surface area contributed by atoms with Gasteiger partial charge in [0.05, 0.1) is 18.8 Å². The van der Waals surface area contributed by atoms with Crippen LogP contribution in [-0.2, 0) is 4.74 Å². The lowest BCUT2D eigenvalue weighted by atomic mass is 9.79. The van der Waals surface area contributed by atoms with E-state index in [1.54, 1.807) is 0 Å². The maximum atomic E-state index is 8.87. The summed E-state index contributed by atoms with van der Waals surface area (Å²) < 4.78 is 5.99. The normalized spacial score (nSPS) is 49.9. The minimum atomic E-state index is 0.184. The summed E-state index contributed by atoms with van der Waals surface area (Å²) in [4.78, 5) is 0. The number of aliphatic hydroxyl groups excluding tert-OH is 1. The largest absolute Gasteiger partial charge is 0.394 e. The number of hydrogen-bond acceptors (Lipinski definition) is 2. The first-order chi connectivity index (χ1) is 6.86. The van der Waals surface area contributed by atoms with E-state index in [9.17, 15) is 0 Å². The zero-order chi connectivity index (χ0) is 9.60. The minimum absolute atomic E-state index is 0.184. The molecular formula is C12H20O2. The summed E-state index contributed by atoms with van der Waals surface area (Å²) in [6.45, 7) is 0.736. The van der Waals surface area contributed by atoms with Crippen LogP contribution in [-0.4, -0.2) is 23.9 Å². The van der Waals surface area contributed by atoms with Crippen LogP contribution in [0.2, 0.25) is 0 Å². The summed E-state index contributed by atoms with van der Waals surface area (Å²) in [5, 5.41) is 8.87. The van der Waals surface area contributed by atoms with Gasteiger partial charge in [-0.2, -0.15) is 0 Å². The van der Waals surface area contributed by atoms with Crippen molar-refractivity contribution in [3.63, 3.8) is 0 Å². The van der Waals surface area contributed by atoms with Gasteiger partial charge in [-0.1, -0.05) is 6.42 Å². The van der Waals surface area contributed by atoms with Crippen molar-refractivity contribution in [2.45, 2.75) is 44.1 Å². The summed E-state index contributed by atoms with van der Waals surface area (Å²) in [7, 11) is 0. The van der Waals surface area contributed by atoms with Gasteiger partial charge in [-0.05, 0) is 49.9 Å². The summed E-state index contributed by atoms with van der Waals surface area (Å²) >= 11 is 0. The standard InChI is InChI=1S/C12H20O2/c13-6-7-14-12-5-4-9(8-12)10-2-1-3-11(10)12/h9-11,13H,1-8H2. The van der Waals surface area contributed by atoms with Gasteiger partial charge >= 0.3 is 0 Å². The molecule has 3 aliphatic carbocycles. The molecule has 14 heavy (non-hydrogen) atoms. The Labute approximate surface area is 85.6 Å². The third-order valence-electron chi connectivity index (χ3n) is 4.88. The van der Waals surface area contributed by atoms with Crippen molar-refractivity contribution in [3.05, 3.63) is 0 Å². The summed E-state index contributed by atoms with van der Waals surface area (Å²) in [6, 6.07) is 0. The number of ether oxygens (including phenoxy) is 1. The quantitative estimate of drug-likeness (QED) is 0.747. The Kier molecular flexibility index (Phi) is 2.10. The predicted octanol–water partition coefficient (Wildman–Crippen LogP) is 1.96. The van der Waals surface area contributed by atoms with Crippen LogP contribution in [0.5, 0.6) is 0 Å². The van der Waals surface area contributed by atoms with E-state index in [0.29, 0.717) is 6.61 Å². The summed E-state index contributed by atoms with van der Waals surface area (Å²) in [5.74, 6) is 2.77. The second-order valence-electron chi connectivity index (χ2n) is 5.34. The molecule has 3 fully saturated rings. The molecule has 0 aromatic carbocycles. The molecular weight excluding hydrogens is 176 g/mol. The molecule has 3 rings (SSSR count). The number of fused-ring (bicyclic) bond motifs is 5. The van der Waals surface area contributed by atoms with Gasteiger partial charge in [0, 0.05) is 0 Å². The zero-order valence-corrected chi connectivity index (χ0v) is 8.74. The van der Waals surface area contributed by atoms with Crippen molar-refractivity contribution in [3.8, 4) is 0 Å². The van der Waals surface area contributed by atoms with Crippen LogP contribution in [0.25, 0.3) is 0 Å². The van der Waals surface area contributed by atoms with Gasteiger partial charge in [0.15, 0.2) is 0 Å². The van der Waals surface area contributed by atoms with Crippen LogP contribution in [0.1, 0.15) is 38.5 Å². The van der Waals surface area contributed by atoms with Crippen LogP contribution in [0.15, 0.2) is 0 Å². The molecule has 80 valence electrons. The molecule has 0 aromatic heterocycles. The highest BCUT2D eigenvalue weighted by molar-refractivity contribution is 5.09. The fourth-order valence-corrected chi connectivity index (χ4v) is 4.47. The van der Waals surface area contributed by atoms with Crippen LogP contribution < -0.4 is 0 Å². The Morgan fingerprint density at radius 2 is 2.21 bits per heavy atom. The zero-order valence-electron chi connectivity index (χ0n) is 8.74. The lowest BCUT2D eigenvalue weighted by Crippen LogP contribution is -2.38. The van der Waals surface area contributed by atoms with Gasteiger partial charge in [0.1, 0.15) is 0 Å². The van der Waals surface area contributed by atoms with Crippen molar-refractivity contribution in [1.82, 2.24) is 0 Å². The molecule has 2 nitrogen and oxygen atoms in total. The molecule has 0 amide bonds. The molecule has 4 atom stereocenters. The highest BCUT2D eigenvalue weighted by Gasteiger charge is 2.59. The van der Waals surface area contributed by atoms with Crippen LogP contribution in [0.4, 0.5) is 0 Å². The van der Waals surface area contributed by atoms with E-state index in [4.69, 9.17) is 9.84 Å². The van der Waals surface area contributed by atoms with E-state index in [1.165, 1.54) is 38.5 Å². The molecule has 4 unspecified atom stereocenters. The third kappa shape index (κ3) is 1.10. The van der Waals surface area contributed by atoms with E-state index >= 15 is 0 Å². The van der Waals surface area contributed by atoms with E-state index in [2.05, 4.69) is 0 Å². The molecule has 3 aliphatic rings. The first-order valence-electron chi connectivity index (χ1n) is 6.10. The lowest BCUT2D eigenvalue weighted by molar-refractivity contribution is -0.0866. The first kappa shape index (κ1) is 9.17. The Balaban J connectivity index is 1.78. The number of rotatable bonds is 3. The van der Waals surface area contributed by atoms with Crippen molar-refractivity contribution in [1.29, 1.82) is 0 Å². The van der Waals surface area contributed by atoms with E-state index in [0.717, 1.165) is 17.8 Å². The molecule has 1 N–H and O–H groups in total. The average molecular weight is 196 g/mol. The van der Waals surface area contributed by atoms with Gasteiger partial charge < -0.3 is 9.84 Å². The van der Waals surface area contributed by atoms with Crippen LogP contribution >= 0.6 is 0 Å². The fourth-order valence-electron chi connectivity index (χ4n) is 4.47. The SMILES string of the molecule is OCCOC12CCC(C1)C1CCCC12. The molecule has 0 aliphatic heterocycles. The van der Waals surface area contributed by atoms with E-state index < -0.39 is 0 Å². The van der Waals surface area contributed by atoms with E-state index in [1.807, 2.05) is 0 Å². The van der Waals surface area contributed by atoms with Crippen LogP contribution in [0, 0.1) is 17.8 Å². The van der Waals surface area contributed by atoms with Gasteiger partial charge in [-0.15, -0.1) is 0 Å². The summed E-state index contributed by atoms with van der Waals surface area (Å²) in [5.41, 5.74) is 0.203. The Morgan fingerprint density at radius 3 is 3.07 bits per heavy atom. The average Bonchev–Trinajstić information content (AvgIpc) is 2.86. The minimum Gasteiger partial charge on any atom is -0.394 e. The maximum Gasteiger partial charge on any atom is 0.0717 e. The molecule has 0 spiro atoms.